The van der Waals surface area contributed by atoms with E-state index in [-0.39, 0.29) is 17.1 Å². The Morgan fingerprint density at radius 2 is 1.69 bits per heavy atom. The zero-order valence-electron chi connectivity index (χ0n) is 17.0. The first-order chi connectivity index (χ1) is 15.5. The summed E-state index contributed by atoms with van der Waals surface area (Å²) in [6.07, 6.45) is -1.11. The molecule has 0 N–H and O–H groups in total. The summed E-state index contributed by atoms with van der Waals surface area (Å²) in [5.74, 6) is 0.315. The molecule has 0 aliphatic carbocycles. The van der Waals surface area contributed by atoms with Crippen molar-refractivity contribution < 1.29 is 13.9 Å². The first kappa shape index (κ1) is 20.0. The number of ketones is 1. The Morgan fingerprint density at radius 3 is 2.41 bits per heavy atom. The second-order valence-electron chi connectivity index (χ2n) is 7.30. The first-order valence-electron chi connectivity index (χ1n) is 9.95. The average molecular weight is 445 g/mol. The highest BCUT2D eigenvalue weighted by Gasteiger charge is 2.33. The number of hydrogen-bond acceptors (Lipinski definition) is 5. The summed E-state index contributed by atoms with van der Waals surface area (Å²) in [5.41, 5.74) is 1.28. The minimum absolute atomic E-state index is 0.125. The van der Waals surface area contributed by atoms with Gasteiger partial charge in [-0.2, -0.15) is 9.78 Å². The van der Waals surface area contributed by atoms with Gasteiger partial charge in [-0.3, -0.25) is 9.59 Å². The number of ether oxygens (including phenoxy) is 1. The zero-order valence-corrected chi connectivity index (χ0v) is 17.7. The lowest BCUT2D eigenvalue weighted by molar-refractivity contribution is -0.124. The van der Waals surface area contributed by atoms with Crippen LogP contribution in [0.1, 0.15) is 18.8 Å². The second kappa shape index (κ2) is 7.98. The van der Waals surface area contributed by atoms with Gasteiger partial charge in [-0.1, -0.05) is 41.9 Å². The number of nitrogens with zero attached hydrogens (tertiary/aromatic N) is 2. The van der Waals surface area contributed by atoms with Crippen LogP contribution in [-0.4, -0.2) is 15.6 Å². The minimum atomic E-state index is -1.11. The summed E-state index contributed by atoms with van der Waals surface area (Å²) in [5, 5.41) is 5.80. The van der Waals surface area contributed by atoms with E-state index in [1.165, 1.54) is 11.6 Å². The standard InChI is InChI=1S/C25H17ClN2O4/c1-15(29)23(31-18-7-3-2-4-8-18)24-21-22(19-9-5-6-10-20(19)32-24)27-28(25(21)30)17-13-11-16(26)12-14-17/h2-14,23H,1H3. The molecule has 1 unspecified atom stereocenters. The fourth-order valence-corrected chi connectivity index (χ4v) is 3.76. The van der Waals surface area contributed by atoms with Crippen molar-refractivity contribution in [2.75, 3.05) is 0 Å². The molecule has 0 fully saturated rings. The minimum Gasteiger partial charge on any atom is -0.475 e. The molecule has 0 spiro atoms. The van der Waals surface area contributed by atoms with Gasteiger partial charge in [0.25, 0.3) is 5.56 Å². The van der Waals surface area contributed by atoms with E-state index in [0.717, 1.165) is 0 Å². The van der Waals surface area contributed by atoms with Gasteiger partial charge in [-0.15, -0.1) is 0 Å². The van der Waals surface area contributed by atoms with Crippen LogP contribution in [0, 0.1) is 0 Å². The summed E-state index contributed by atoms with van der Waals surface area (Å²) in [7, 11) is 0. The average Bonchev–Trinajstić information content (AvgIpc) is 3.16. The predicted molar refractivity (Wildman–Crippen MR) is 122 cm³/mol. The van der Waals surface area contributed by atoms with E-state index in [4.69, 9.17) is 20.8 Å². The molecule has 2 aliphatic heterocycles. The Hall–Kier alpha value is -3.90. The fourth-order valence-electron chi connectivity index (χ4n) is 3.63. The van der Waals surface area contributed by atoms with E-state index in [1.807, 2.05) is 24.3 Å². The van der Waals surface area contributed by atoms with Gasteiger partial charge in [-0.25, -0.2) is 0 Å². The van der Waals surface area contributed by atoms with Crippen LogP contribution in [0.4, 0.5) is 0 Å². The van der Waals surface area contributed by atoms with Crippen molar-refractivity contribution in [1.29, 1.82) is 0 Å². The van der Waals surface area contributed by atoms with Gasteiger partial charge in [0.15, 0.2) is 11.5 Å². The molecule has 0 aromatic heterocycles. The van der Waals surface area contributed by atoms with E-state index in [0.29, 0.717) is 33.1 Å². The maximum atomic E-state index is 13.5. The van der Waals surface area contributed by atoms with Crippen LogP contribution in [0.25, 0.3) is 27.9 Å². The third-order valence-corrected chi connectivity index (χ3v) is 5.38. The van der Waals surface area contributed by atoms with E-state index >= 15 is 0 Å². The van der Waals surface area contributed by atoms with Gasteiger partial charge >= 0.3 is 0 Å². The molecule has 7 heteroatoms. The first-order valence-corrected chi connectivity index (χ1v) is 10.3. The Labute approximate surface area is 188 Å². The van der Waals surface area contributed by atoms with Crippen LogP contribution >= 0.6 is 11.6 Å². The molecule has 0 bridgehead atoms. The molecule has 1 atom stereocenters. The largest absolute Gasteiger partial charge is 0.475 e. The molecule has 2 aliphatic rings. The summed E-state index contributed by atoms with van der Waals surface area (Å²) in [6, 6.07) is 23.0. The normalized spacial score (nSPS) is 12.2. The molecule has 0 saturated carbocycles. The van der Waals surface area contributed by atoms with Crippen molar-refractivity contribution in [3.05, 3.63) is 100.0 Å². The van der Waals surface area contributed by atoms with Crippen molar-refractivity contribution in [2.24, 2.45) is 0 Å². The monoisotopic (exact) mass is 444 g/mol. The molecule has 0 saturated heterocycles. The Kier molecular flexibility index (Phi) is 4.99. The van der Waals surface area contributed by atoms with E-state index in [9.17, 15) is 9.59 Å². The maximum absolute atomic E-state index is 13.5. The molecule has 6 nitrogen and oxygen atoms in total. The van der Waals surface area contributed by atoms with E-state index in [2.05, 4.69) is 5.10 Å². The zero-order chi connectivity index (χ0) is 22.2. The molecule has 158 valence electrons. The van der Waals surface area contributed by atoms with E-state index in [1.54, 1.807) is 54.6 Å². The number of Topliss-reactive ketones (excluding diaryl/α,β-unsaturated/α-hetero) is 1. The van der Waals surface area contributed by atoms with Crippen LogP contribution in [0.2, 0.25) is 5.02 Å². The highest BCUT2D eigenvalue weighted by molar-refractivity contribution is 6.30. The van der Waals surface area contributed by atoms with Crippen molar-refractivity contribution in [2.45, 2.75) is 13.0 Å². The van der Waals surface area contributed by atoms with Crippen molar-refractivity contribution in [1.82, 2.24) is 9.78 Å². The number of fused-ring (bicyclic) bond motifs is 3. The van der Waals surface area contributed by atoms with Gasteiger partial charge in [0.2, 0.25) is 6.10 Å². The van der Waals surface area contributed by atoms with Crippen LogP contribution in [0.3, 0.4) is 0 Å². The lowest BCUT2D eigenvalue weighted by atomic mass is 10.0. The third kappa shape index (κ3) is 3.44. The number of aromatic nitrogens is 2. The number of rotatable bonds is 5. The van der Waals surface area contributed by atoms with Crippen molar-refractivity contribution in [3.8, 4) is 22.7 Å². The summed E-state index contributed by atoms with van der Waals surface area (Å²) < 4.78 is 13.4. The fraction of sp³-hybridized carbons (Fsp3) is 0.0800. The molecule has 0 radical (unpaired) electrons. The van der Waals surface area contributed by atoms with Crippen molar-refractivity contribution in [3.63, 3.8) is 0 Å². The highest BCUT2D eigenvalue weighted by Crippen LogP contribution is 2.36. The Morgan fingerprint density at radius 1 is 1.00 bits per heavy atom. The number of halogens is 1. The number of carbonyl (C=O) groups is 1. The number of hydrogen-bond donors (Lipinski definition) is 0. The van der Waals surface area contributed by atoms with Crippen LogP contribution < -0.4 is 10.3 Å². The third-order valence-electron chi connectivity index (χ3n) is 5.13. The van der Waals surface area contributed by atoms with E-state index < -0.39 is 11.7 Å². The number of benzene rings is 3. The molecular formula is C25H17ClN2O4. The molecule has 2 heterocycles. The highest BCUT2D eigenvalue weighted by atomic mass is 35.5. The smallest absolute Gasteiger partial charge is 0.284 e. The lowest BCUT2D eigenvalue weighted by Crippen LogP contribution is -2.21. The van der Waals surface area contributed by atoms with Crippen LogP contribution in [0.5, 0.6) is 5.75 Å². The SMILES string of the molecule is CC(=O)C(Oc1ccccc1)c1oc2ccccc2c2nn(-c3ccc(Cl)cc3)c(=O)c1-2. The molecule has 3 aromatic carbocycles. The summed E-state index contributed by atoms with van der Waals surface area (Å²) in [6.45, 7) is 1.40. The van der Waals surface area contributed by atoms with Gasteiger partial charge in [0.1, 0.15) is 22.6 Å². The van der Waals surface area contributed by atoms with Gasteiger partial charge in [0.05, 0.1) is 5.69 Å². The molecule has 0 amide bonds. The number of para-hydroxylation sites is 2. The second-order valence-corrected chi connectivity index (χ2v) is 7.74. The van der Waals surface area contributed by atoms with Crippen LogP contribution in [-0.2, 0) is 4.79 Å². The van der Waals surface area contributed by atoms with Gasteiger partial charge in [-0.05, 0) is 55.5 Å². The summed E-state index contributed by atoms with van der Waals surface area (Å²) in [4.78, 5) is 26.1. The topological polar surface area (TPSA) is 74.3 Å². The van der Waals surface area contributed by atoms with Gasteiger partial charge in [0, 0.05) is 10.4 Å². The number of carbonyl (C=O) groups excluding carboxylic acids is 1. The van der Waals surface area contributed by atoms with Gasteiger partial charge < -0.3 is 9.15 Å². The maximum Gasteiger partial charge on any atom is 0.284 e. The molecule has 3 aromatic rings. The predicted octanol–water partition coefficient (Wildman–Crippen LogP) is 5.45. The van der Waals surface area contributed by atoms with Crippen LogP contribution in [0.15, 0.2) is 88.1 Å². The summed E-state index contributed by atoms with van der Waals surface area (Å²) >= 11 is 6.00. The Balaban J connectivity index is 1.78. The Bertz CT molecular complexity index is 1460. The quantitative estimate of drug-likeness (QED) is 0.360. The lowest BCUT2D eigenvalue weighted by Gasteiger charge is -2.18. The molecule has 5 rings (SSSR count). The molecular weight excluding hydrogens is 428 g/mol. The molecule has 32 heavy (non-hydrogen) atoms. The van der Waals surface area contributed by atoms with Crippen molar-refractivity contribution >= 4 is 28.4 Å².